The van der Waals surface area contributed by atoms with E-state index in [1.165, 1.54) is 12.1 Å². The molecule has 0 aliphatic carbocycles. The molecule has 0 atom stereocenters. The molecule has 13 heteroatoms. The number of nitrogens with one attached hydrogen (secondary N) is 2. The zero-order valence-corrected chi connectivity index (χ0v) is 24.5. The number of hydrogen-bond acceptors (Lipinski definition) is 7. The maximum atomic E-state index is 13.5. The van der Waals surface area contributed by atoms with Crippen molar-refractivity contribution in [3.05, 3.63) is 94.0 Å². The molecule has 0 bridgehead atoms. The summed E-state index contributed by atoms with van der Waals surface area (Å²) in [6, 6.07) is 16.8. The van der Waals surface area contributed by atoms with Gasteiger partial charge in [-0.25, -0.2) is 4.98 Å². The second-order valence-electron chi connectivity index (χ2n) is 9.67. The Bertz CT molecular complexity index is 1560. The lowest BCUT2D eigenvalue weighted by Gasteiger charge is -2.14. The van der Waals surface area contributed by atoms with Crippen LogP contribution >= 0.6 is 11.6 Å². The van der Waals surface area contributed by atoms with Gasteiger partial charge in [0.25, 0.3) is 5.91 Å². The van der Waals surface area contributed by atoms with E-state index in [1.807, 2.05) is 24.3 Å². The monoisotopic (exact) mass is 631 g/mol. The Balaban J connectivity index is 1.44. The number of carbonyl (C=O) groups is 1. The normalized spacial score (nSPS) is 12.3. The molecular formula is C31H33ClF3N5O4. The van der Waals surface area contributed by atoms with Crippen molar-refractivity contribution >= 4 is 40.2 Å². The van der Waals surface area contributed by atoms with Crippen LogP contribution in [0, 0.1) is 0 Å². The van der Waals surface area contributed by atoms with Crippen molar-refractivity contribution in [3.8, 4) is 5.75 Å². The van der Waals surface area contributed by atoms with Crippen molar-refractivity contribution < 1.29 is 32.2 Å². The SMILES string of the molecule is NCCOCCOCCOc1ccc(CC/C(C(=O)Nc2nc3ccc(Cl)cc3[nH]2)=C(/N)c2ccc(C(F)(F)F)cc2)cc1. The van der Waals surface area contributed by atoms with E-state index in [2.05, 4.69) is 15.3 Å². The van der Waals surface area contributed by atoms with Gasteiger partial charge in [-0.1, -0.05) is 35.9 Å². The van der Waals surface area contributed by atoms with E-state index in [0.717, 1.165) is 17.7 Å². The van der Waals surface area contributed by atoms with Crippen LogP contribution in [0.2, 0.25) is 5.02 Å². The first-order valence-electron chi connectivity index (χ1n) is 13.8. The second-order valence-corrected chi connectivity index (χ2v) is 10.1. The number of rotatable bonds is 15. The Morgan fingerprint density at radius 2 is 1.61 bits per heavy atom. The minimum Gasteiger partial charge on any atom is -0.491 e. The molecule has 234 valence electrons. The molecule has 1 amide bonds. The number of carbonyl (C=O) groups excluding carboxylic acids is 1. The lowest BCUT2D eigenvalue weighted by atomic mass is 9.98. The number of amides is 1. The average Bonchev–Trinajstić information content (AvgIpc) is 3.40. The Morgan fingerprint density at radius 1 is 0.932 bits per heavy atom. The van der Waals surface area contributed by atoms with Gasteiger partial charge in [0.05, 0.1) is 43.0 Å². The van der Waals surface area contributed by atoms with E-state index in [-0.39, 0.29) is 29.2 Å². The summed E-state index contributed by atoms with van der Waals surface area (Å²) in [7, 11) is 0. The van der Waals surface area contributed by atoms with Gasteiger partial charge < -0.3 is 30.7 Å². The van der Waals surface area contributed by atoms with Crippen LogP contribution < -0.4 is 21.5 Å². The van der Waals surface area contributed by atoms with Gasteiger partial charge in [-0.05, 0) is 66.4 Å². The Labute approximate surface area is 257 Å². The van der Waals surface area contributed by atoms with E-state index in [1.54, 1.807) is 18.2 Å². The van der Waals surface area contributed by atoms with Gasteiger partial charge >= 0.3 is 6.18 Å². The predicted octanol–water partition coefficient (Wildman–Crippen LogP) is 5.55. The second kappa shape index (κ2) is 15.6. The quantitative estimate of drug-likeness (QED) is 0.0997. The minimum atomic E-state index is -4.50. The summed E-state index contributed by atoms with van der Waals surface area (Å²) in [5.41, 5.74) is 13.6. The number of halogens is 4. The molecule has 0 saturated heterocycles. The van der Waals surface area contributed by atoms with Gasteiger partial charge in [-0.15, -0.1) is 0 Å². The molecule has 0 spiro atoms. The van der Waals surface area contributed by atoms with Gasteiger partial charge in [0.1, 0.15) is 12.4 Å². The number of fused-ring (bicyclic) bond motifs is 1. The smallest absolute Gasteiger partial charge is 0.416 e. The van der Waals surface area contributed by atoms with Gasteiger partial charge in [-0.3, -0.25) is 10.1 Å². The third-order valence-corrected chi connectivity index (χ3v) is 6.75. The molecule has 0 radical (unpaired) electrons. The van der Waals surface area contributed by atoms with E-state index in [9.17, 15) is 18.0 Å². The number of anilines is 1. The molecule has 0 fully saturated rings. The molecule has 0 aliphatic heterocycles. The fraction of sp³-hybridized carbons (Fsp3) is 0.290. The van der Waals surface area contributed by atoms with E-state index in [0.29, 0.717) is 67.8 Å². The highest BCUT2D eigenvalue weighted by molar-refractivity contribution is 6.31. The topological polar surface area (TPSA) is 138 Å². The van der Waals surface area contributed by atoms with Crippen LogP contribution in [0.4, 0.5) is 19.1 Å². The maximum Gasteiger partial charge on any atom is 0.416 e. The van der Waals surface area contributed by atoms with Crippen LogP contribution in [0.3, 0.4) is 0 Å². The van der Waals surface area contributed by atoms with E-state index in [4.69, 9.17) is 37.3 Å². The van der Waals surface area contributed by atoms with Gasteiger partial charge in [0.15, 0.2) is 0 Å². The molecule has 44 heavy (non-hydrogen) atoms. The zero-order valence-electron chi connectivity index (χ0n) is 23.8. The number of benzene rings is 3. The van der Waals surface area contributed by atoms with Crippen molar-refractivity contribution in [2.45, 2.75) is 19.0 Å². The largest absolute Gasteiger partial charge is 0.491 e. The Kier molecular flexibility index (Phi) is 11.6. The third kappa shape index (κ3) is 9.45. The first-order chi connectivity index (χ1) is 21.1. The summed E-state index contributed by atoms with van der Waals surface area (Å²) >= 11 is 6.05. The Hall–Kier alpha value is -4.10. The van der Waals surface area contributed by atoms with Crippen molar-refractivity contribution in [2.24, 2.45) is 11.5 Å². The number of aromatic amines is 1. The maximum absolute atomic E-state index is 13.5. The molecular weight excluding hydrogens is 599 g/mol. The van der Waals surface area contributed by atoms with Crippen LogP contribution in [-0.4, -0.2) is 55.5 Å². The molecule has 9 nitrogen and oxygen atoms in total. The van der Waals surface area contributed by atoms with Crippen LogP contribution in [0.15, 0.2) is 72.3 Å². The number of nitrogens with zero attached hydrogens (tertiary/aromatic N) is 1. The fourth-order valence-corrected chi connectivity index (χ4v) is 4.43. The van der Waals surface area contributed by atoms with Crippen molar-refractivity contribution in [1.82, 2.24) is 9.97 Å². The first-order valence-corrected chi connectivity index (χ1v) is 14.2. The van der Waals surface area contributed by atoms with Crippen molar-refractivity contribution in [1.29, 1.82) is 0 Å². The molecule has 3 aromatic carbocycles. The summed E-state index contributed by atoms with van der Waals surface area (Å²) in [5, 5.41) is 3.22. The number of nitrogens with two attached hydrogens (primary N) is 2. The Morgan fingerprint density at radius 3 is 2.30 bits per heavy atom. The summed E-state index contributed by atoms with van der Waals surface area (Å²) < 4.78 is 55.7. The first kappa shape index (κ1) is 32.8. The van der Waals surface area contributed by atoms with Crippen molar-refractivity contribution in [3.63, 3.8) is 0 Å². The number of ether oxygens (including phenoxy) is 3. The fourth-order valence-electron chi connectivity index (χ4n) is 4.25. The van der Waals surface area contributed by atoms with Crippen LogP contribution in [-0.2, 0) is 26.9 Å². The lowest BCUT2D eigenvalue weighted by Crippen LogP contribution is -2.20. The van der Waals surface area contributed by atoms with Crippen LogP contribution in [0.25, 0.3) is 16.7 Å². The highest BCUT2D eigenvalue weighted by atomic mass is 35.5. The van der Waals surface area contributed by atoms with E-state index < -0.39 is 17.6 Å². The summed E-state index contributed by atoms with van der Waals surface area (Å²) in [6.07, 6.45) is -3.87. The summed E-state index contributed by atoms with van der Waals surface area (Å²) in [5.74, 6) is 0.291. The van der Waals surface area contributed by atoms with Crippen LogP contribution in [0.5, 0.6) is 5.75 Å². The van der Waals surface area contributed by atoms with Crippen LogP contribution in [0.1, 0.15) is 23.1 Å². The number of H-pyrrole nitrogens is 1. The van der Waals surface area contributed by atoms with Gasteiger partial charge in [0.2, 0.25) is 5.95 Å². The standard InChI is InChI=1S/C31H33ClF3N5O4/c32-23-8-12-26-27(19-23)39-30(38-26)40-29(41)25(28(37)21-4-6-22(7-5-21)31(33,34)35)11-3-20-1-9-24(10-2-20)44-18-17-43-16-15-42-14-13-36/h1-2,4-10,12,19H,3,11,13-18,36-37H2,(H2,38,39,40,41)/b28-25-. The molecule has 4 aromatic rings. The molecule has 0 unspecified atom stereocenters. The van der Waals surface area contributed by atoms with Gasteiger partial charge in [0, 0.05) is 22.8 Å². The molecule has 1 aromatic heterocycles. The highest BCUT2D eigenvalue weighted by Crippen LogP contribution is 2.30. The average molecular weight is 632 g/mol. The van der Waals surface area contributed by atoms with Crippen molar-refractivity contribution in [2.75, 3.05) is 44.9 Å². The lowest BCUT2D eigenvalue weighted by molar-refractivity contribution is -0.137. The molecule has 4 rings (SSSR count). The number of imidazole rings is 1. The zero-order chi connectivity index (χ0) is 31.5. The number of hydrogen-bond donors (Lipinski definition) is 4. The highest BCUT2D eigenvalue weighted by Gasteiger charge is 2.30. The summed E-state index contributed by atoms with van der Waals surface area (Å²) in [4.78, 5) is 20.8. The molecule has 6 N–H and O–H groups in total. The molecule has 0 saturated carbocycles. The molecule has 1 heterocycles. The predicted molar refractivity (Wildman–Crippen MR) is 163 cm³/mol. The van der Waals surface area contributed by atoms with E-state index >= 15 is 0 Å². The number of aromatic nitrogens is 2. The third-order valence-electron chi connectivity index (χ3n) is 6.52. The van der Waals surface area contributed by atoms with Gasteiger partial charge in [-0.2, -0.15) is 13.2 Å². The minimum absolute atomic E-state index is 0.0590. The molecule has 0 aliphatic rings. The number of aryl methyl sites for hydroxylation is 1. The number of alkyl halides is 3. The summed E-state index contributed by atoms with van der Waals surface area (Å²) in [6.45, 7) is 2.64.